The van der Waals surface area contributed by atoms with Crippen LogP contribution < -0.4 is 10.5 Å². The molecular weight excluding hydrogens is 412 g/mol. The van der Waals surface area contributed by atoms with Gasteiger partial charge in [-0.1, -0.05) is 36.4 Å². The van der Waals surface area contributed by atoms with E-state index >= 15 is 0 Å². The third-order valence-electron chi connectivity index (χ3n) is 4.93. The Morgan fingerprint density at radius 3 is 2.29 bits per heavy atom. The molecule has 1 heterocycles. The summed E-state index contributed by atoms with van der Waals surface area (Å²) in [4.78, 5) is 0.0299. The standard InChI is InChI=1S/C23H22N4O3S/c1-25-15-16-6-8-17(9-7-16)22-14-21(20-4-2-3-5-23(20)28)26-27(22)18-10-12-19(13-11-18)31(24,29)30/h2-14,25,28H,15H2,1H3,(H2,24,29,30). The van der Waals surface area contributed by atoms with Crippen molar-refractivity contribution in [3.63, 3.8) is 0 Å². The molecule has 0 aliphatic heterocycles. The predicted octanol–water partition coefficient (Wildman–Crippen LogP) is 3.28. The summed E-state index contributed by atoms with van der Waals surface area (Å²) in [7, 11) is -1.89. The Hall–Kier alpha value is -3.46. The molecule has 0 radical (unpaired) electrons. The van der Waals surface area contributed by atoms with E-state index in [1.807, 2.05) is 43.4 Å². The molecule has 0 saturated heterocycles. The molecule has 0 atom stereocenters. The summed E-state index contributed by atoms with van der Waals surface area (Å²) in [6, 6.07) is 23.2. The van der Waals surface area contributed by atoms with E-state index in [4.69, 9.17) is 10.2 Å². The zero-order chi connectivity index (χ0) is 22.0. The summed E-state index contributed by atoms with van der Waals surface area (Å²) in [5.41, 5.74) is 4.76. The number of hydrogen-bond acceptors (Lipinski definition) is 5. The van der Waals surface area contributed by atoms with Crippen LogP contribution in [-0.2, 0) is 16.6 Å². The summed E-state index contributed by atoms with van der Waals surface area (Å²) in [5.74, 6) is 0.132. The van der Waals surface area contributed by atoms with Gasteiger partial charge in [0.2, 0.25) is 10.0 Å². The monoisotopic (exact) mass is 434 g/mol. The van der Waals surface area contributed by atoms with Gasteiger partial charge in [-0.15, -0.1) is 0 Å². The number of nitrogens with zero attached hydrogens (tertiary/aromatic N) is 2. The second-order valence-electron chi connectivity index (χ2n) is 7.11. The van der Waals surface area contributed by atoms with Crippen LogP contribution in [0.5, 0.6) is 5.75 Å². The van der Waals surface area contributed by atoms with E-state index < -0.39 is 10.0 Å². The lowest BCUT2D eigenvalue weighted by atomic mass is 10.1. The fourth-order valence-corrected chi connectivity index (χ4v) is 3.90. The summed E-state index contributed by atoms with van der Waals surface area (Å²) < 4.78 is 24.9. The zero-order valence-corrected chi connectivity index (χ0v) is 17.7. The molecule has 0 bridgehead atoms. The largest absolute Gasteiger partial charge is 0.507 e. The number of nitrogens with one attached hydrogen (secondary N) is 1. The van der Waals surface area contributed by atoms with Gasteiger partial charge in [0.05, 0.1) is 22.0 Å². The summed E-state index contributed by atoms with van der Waals surface area (Å²) in [6.07, 6.45) is 0. The molecule has 0 unspecified atom stereocenters. The van der Waals surface area contributed by atoms with E-state index in [0.717, 1.165) is 23.4 Å². The number of hydrogen-bond donors (Lipinski definition) is 3. The molecule has 0 fully saturated rings. The molecule has 0 aliphatic rings. The van der Waals surface area contributed by atoms with Crippen LogP contribution >= 0.6 is 0 Å². The van der Waals surface area contributed by atoms with Gasteiger partial charge in [0.1, 0.15) is 5.75 Å². The first-order valence-electron chi connectivity index (χ1n) is 9.62. The quantitative estimate of drug-likeness (QED) is 0.431. The molecule has 31 heavy (non-hydrogen) atoms. The minimum atomic E-state index is -3.79. The molecule has 7 nitrogen and oxygen atoms in total. The number of phenols is 1. The average molecular weight is 435 g/mol. The number of primary sulfonamides is 1. The van der Waals surface area contributed by atoms with Crippen LogP contribution in [-0.4, -0.2) is 30.4 Å². The molecule has 4 rings (SSSR count). The minimum absolute atomic E-state index is 0.0299. The Labute approximate surface area is 180 Å². The number of benzene rings is 3. The van der Waals surface area contributed by atoms with Crippen LogP contribution in [0.1, 0.15) is 5.56 Å². The molecule has 0 spiro atoms. The van der Waals surface area contributed by atoms with Crippen molar-refractivity contribution in [2.24, 2.45) is 5.14 Å². The fraction of sp³-hybridized carbons (Fsp3) is 0.0870. The normalized spacial score (nSPS) is 11.5. The maximum absolute atomic E-state index is 11.6. The van der Waals surface area contributed by atoms with Gasteiger partial charge in [-0.25, -0.2) is 18.2 Å². The number of nitrogens with two attached hydrogens (primary N) is 1. The molecule has 3 aromatic carbocycles. The Kier molecular flexibility index (Phi) is 5.60. The van der Waals surface area contributed by atoms with Gasteiger partial charge in [-0.3, -0.25) is 0 Å². The van der Waals surface area contributed by atoms with Crippen molar-refractivity contribution in [2.45, 2.75) is 11.4 Å². The molecular formula is C23H22N4O3S. The topological polar surface area (TPSA) is 110 Å². The molecule has 0 amide bonds. The number of aromatic hydroxyl groups is 1. The van der Waals surface area contributed by atoms with Gasteiger partial charge in [0.15, 0.2) is 0 Å². The van der Waals surface area contributed by atoms with E-state index in [-0.39, 0.29) is 10.6 Å². The van der Waals surface area contributed by atoms with Crippen LogP contribution in [0.25, 0.3) is 28.2 Å². The van der Waals surface area contributed by atoms with E-state index in [1.54, 1.807) is 35.0 Å². The number of rotatable bonds is 6. The number of para-hydroxylation sites is 1. The van der Waals surface area contributed by atoms with Crippen LogP contribution in [0.15, 0.2) is 83.8 Å². The average Bonchev–Trinajstić information content (AvgIpc) is 3.19. The van der Waals surface area contributed by atoms with Crippen LogP contribution in [0.4, 0.5) is 0 Å². The van der Waals surface area contributed by atoms with Crippen LogP contribution in [0.2, 0.25) is 0 Å². The van der Waals surface area contributed by atoms with Gasteiger partial charge in [-0.2, -0.15) is 5.10 Å². The lowest BCUT2D eigenvalue weighted by molar-refractivity contribution is 0.477. The molecule has 158 valence electrons. The van der Waals surface area contributed by atoms with E-state index in [1.165, 1.54) is 12.1 Å². The lowest BCUT2D eigenvalue weighted by Crippen LogP contribution is -2.12. The second-order valence-corrected chi connectivity index (χ2v) is 8.67. The minimum Gasteiger partial charge on any atom is -0.507 e. The van der Waals surface area contributed by atoms with Crippen molar-refractivity contribution in [1.82, 2.24) is 15.1 Å². The molecule has 1 aromatic heterocycles. The van der Waals surface area contributed by atoms with Crippen LogP contribution in [0.3, 0.4) is 0 Å². The first kappa shape index (κ1) is 20.8. The summed E-state index contributed by atoms with van der Waals surface area (Å²) in [6.45, 7) is 0.762. The third-order valence-corrected chi connectivity index (χ3v) is 5.86. The van der Waals surface area contributed by atoms with E-state index in [2.05, 4.69) is 5.32 Å². The highest BCUT2D eigenvalue weighted by molar-refractivity contribution is 7.89. The van der Waals surface area contributed by atoms with Crippen molar-refractivity contribution in [3.05, 3.63) is 84.4 Å². The number of aromatic nitrogens is 2. The smallest absolute Gasteiger partial charge is 0.238 e. The van der Waals surface area contributed by atoms with Crippen molar-refractivity contribution >= 4 is 10.0 Å². The van der Waals surface area contributed by atoms with E-state index in [9.17, 15) is 13.5 Å². The van der Waals surface area contributed by atoms with Crippen LogP contribution in [0, 0.1) is 0 Å². The first-order valence-corrected chi connectivity index (χ1v) is 11.2. The molecule has 8 heteroatoms. The Bertz CT molecular complexity index is 1310. The van der Waals surface area contributed by atoms with E-state index in [0.29, 0.717) is 16.9 Å². The summed E-state index contributed by atoms with van der Waals surface area (Å²) >= 11 is 0. The Morgan fingerprint density at radius 2 is 1.68 bits per heavy atom. The number of sulfonamides is 1. The Balaban J connectivity index is 1.85. The van der Waals surface area contributed by atoms with Crippen molar-refractivity contribution in [1.29, 1.82) is 0 Å². The molecule has 4 N–H and O–H groups in total. The van der Waals surface area contributed by atoms with Gasteiger partial charge in [0, 0.05) is 17.7 Å². The highest BCUT2D eigenvalue weighted by Gasteiger charge is 2.16. The highest BCUT2D eigenvalue weighted by Crippen LogP contribution is 2.33. The highest BCUT2D eigenvalue weighted by atomic mass is 32.2. The first-order chi connectivity index (χ1) is 14.9. The SMILES string of the molecule is CNCc1ccc(-c2cc(-c3ccccc3O)nn2-c2ccc(S(N)(=O)=O)cc2)cc1. The number of phenolic OH excluding ortho intramolecular Hbond substituents is 1. The lowest BCUT2D eigenvalue weighted by Gasteiger charge is -2.09. The summed E-state index contributed by atoms with van der Waals surface area (Å²) in [5, 5.41) is 23.3. The van der Waals surface area contributed by atoms with Gasteiger partial charge in [0.25, 0.3) is 0 Å². The van der Waals surface area contributed by atoms with Crippen molar-refractivity contribution in [2.75, 3.05) is 7.05 Å². The fourth-order valence-electron chi connectivity index (χ4n) is 3.38. The third kappa shape index (κ3) is 4.36. The molecule has 4 aromatic rings. The van der Waals surface area contributed by atoms with Crippen molar-refractivity contribution < 1.29 is 13.5 Å². The Morgan fingerprint density at radius 1 is 1.00 bits per heavy atom. The predicted molar refractivity (Wildman–Crippen MR) is 120 cm³/mol. The maximum Gasteiger partial charge on any atom is 0.238 e. The molecule has 0 aliphatic carbocycles. The van der Waals surface area contributed by atoms with Gasteiger partial charge >= 0.3 is 0 Å². The maximum atomic E-state index is 11.6. The zero-order valence-electron chi connectivity index (χ0n) is 16.9. The van der Waals surface area contributed by atoms with Gasteiger partial charge < -0.3 is 10.4 Å². The van der Waals surface area contributed by atoms with Crippen molar-refractivity contribution in [3.8, 4) is 34.0 Å². The second kappa shape index (κ2) is 8.35. The van der Waals surface area contributed by atoms with Gasteiger partial charge in [-0.05, 0) is 55.1 Å². The molecule has 0 saturated carbocycles.